The first-order chi connectivity index (χ1) is 16.3. The van der Waals surface area contributed by atoms with Gasteiger partial charge in [-0.2, -0.15) is 13.2 Å². The van der Waals surface area contributed by atoms with E-state index in [0.29, 0.717) is 18.9 Å². The second kappa shape index (κ2) is 11.0. The molecule has 2 aromatic rings. The SMILES string of the molecule is CN(c1cc(C(F)(F)F)nc(SCc2ccc(C(=O)NC[C@@H]3CCCO3)o2)n1)C1CCCCC1. The van der Waals surface area contributed by atoms with Crippen LogP contribution in [0.3, 0.4) is 0 Å². The maximum atomic E-state index is 13.5. The Morgan fingerprint density at radius 2 is 1.97 bits per heavy atom. The topological polar surface area (TPSA) is 80.5 Å². The number of furan rings is 1. The molecule has 34 heavy (non-hydrogen) atoms. The zero-order valence-corrected chi connectivity index (χ0v) is 19.9. The number of hydrogen-bond donors (Lipinski definition) is 1. The monoisotopic (exact) mass is 498 g/mol. The van der Waals surface area contributed by atoms with Gasteiger partial charge in [0.25, 0.3) is 5.91 Å². The van der Waals surface area contributed by atoms with Crippen molar-refractivity contribution in [3.8, 4) is 0 Å². The van der Waals surface area contributed by atoms with Crippen LogP contribution in [0, 0.1) is 0 Å². The van der Waals surface area contributed by atoms with E-state index in [1.165, 1.54) is 0 Å². The summed E-state index contributed by atoms with van der Waals surface area (Å²) in [6, 6.07) is 4.37. The van der Waals surface area contributed by atoms with Crippen molar-refractivity contribution in [2.45, 2.75) is 74.2 Å². The third kappa shape index (κ3) is 6.44. The Morgan fingerprint density at radius 3 is 2.68 bits per heavy atom. The number of ether oxygens (including phenoxy) is 1. The van der Waals surface area contributed by atoms with Gasteiger partial charge in [0.05, 0.1) is 11.9 Å². The lowest BCUT2D eigenvalue weighted by Crippen LogP contribution is -2.34. The molecule has 0 bridgehead atoms. The van der Waals surface area contributed by atoms with Crippen molar-refractivity contribution in [1.82, 2.24) is 15.3 Å². The fourth-order valence-corrected chi connectivity index (χ4v) is 5.02. The third-order valence-corrected chi connectivity index (χ3v) is 7.08. The minimum absolute atomic E-state index is 0.0212. The average Bonchev–Trinajstić information content (AvgIpc) is 3.53. The van der Waals surface area contributed by atoms with Crippen molar-refractivity contribution < 1.29 is 27.1 Å². The molecule has 7 nitrogen and oxygen atoms in total. The van der Waals surface area contributed by atoms with Crippen molar-refractivity contribution in [1.29, 1.82) is 0 Å². The Balaban J connectivity index is 1.41. The number of aromatic nitrogens is 2. The van der Waals surface area contributed by atoms with E-state index in [2.05, 4.69) is 15.3 Å². The number of anilines is 1. The summed E-state index contributed by atoms with van der Waals surface area (Å²) in [5.74, 6) is 0.725. The highest BCUT2D eigenvalue weighted by molar-refractivity contribution is 7.98. The van der Waals surface area contributed by atoms with Gasteiger partial charge in [0.2, 0.25) is 0 Å². The fourth-order valence-electron chi connectivity index (χ4n) is 4.27. The average molecular weight is 499 g/mol. The van der Waals surface area contributed by atoms with Crippen molar-refractivity contribution in [3.05, 3.63) is 35.4 Å². The van der Waals surface area contributed by atoms with Crippen LogP contribution in [0.4, 0.5) is 19.0 Å². The molecule has 4 rings (SSSR count). The molecule has 11 heteroatoms. The number of halogens is 3. The standard InChI is InChI=1S/C23H29F3N4O3S/c1-30(15-6-3-2-4-7-15)20-12-19(23(24,25)26)28-22(29-20)34-14-17-9-10-18(33-17)21(31)27-13-16-8-5-11-32-16/h9-10,12,15-16H,2-8,11,13-14H2,1H3,(H,27,31)/t16-/m0/s1. The van der Waals surface area contributed by atoms with Gasteiger partial charge in [-0.15, -0.1) is 0 Å². The van der Waals surface area contributed by atoms with Crippen LogP contribution in [0.1, 0.15) is 67.0 Å². The van der Waals surface area contributed by atoms with Gasteiger partial charge >= 0.3 is 6.18 Å². The van der Waals surface area contributed by atoms with Crippen LogP contribution in [-0.2, 0) is 16.7 Å². The first kappa shape index (κ1) is 24.8. The molecular formula is C23H29F3N4O3S. The van der Waals surface area contributed by atoms with E-state index in [4.69, 9.17) is 9.15 Å². The van der Waals surface area contributed by atoms with Crippen LogP contribution >= 0.6 is 11.8 Å². The number of carbonyl (C=O) groups excluding carboxylic acids is 1. The highest BCUT2D eigenvalue weighted by Crippen LogP contribution is 2.34. The summed E-state index contributed by atoms with van der Waals surface area (Å²) in [5.41, 5.74) is -0.962. The van der Waals surface area contributed by atoms with Gasteiger partial charge in [-0.1, -0.05) is 31.0 Å². The minimum Gasteiger partial charge on any atom is -0.455 e. The van der Waals surface area contributed by atoms with Crippen molar-refractivity contribution in [3.63, 3.8) is 0 Å². The molecule has 2 aromatic heterocycles. The van der Waals surface area contributed by atoms with E-state index >= 15 is 0 Å². The van der Waals surface area contributed by atoms with E-state index in [9.17, 15) is 18.0 Å². The summed E-state index contributed by atoms with van der Waals surface area (Å²) in [4.78, 5) is 22.3. The molecule has 186 valence electrons. The van der Waals surface area contributed by atoms with Gasteiger partial charge in [0.1, 0.15) is 11.6 Å². The zero-order valence-electron chi connectivity index (χ0n) is 19.1. The normalized spacial score (nSPS) is 19.4. The largest absolute Gasteiger partial charge is 0.455 e. The van der Waals surface area contributed by atoms with Gasteiger partial charge in [-0.25, -0.2) is 9.97 Å². The summed E-state index contributed by atoms with van der Waals surface area (Å²) in [6.45, 7) is 1.12. The minimum atomic E-state index is -4.57. The molecule has 1 N–H and O–H groups in total. The van der Waals surface area contributed by atoms with Crippen LogP contribution in [0.2, 0.25) is 0 Å². The molecule has 0 radical (unpaired) electrons. The van der Waals surface area contributed by atoms with Gasteiger partial charge in [0.15, 0.2) is 16.6 Å². The first-order valence-corrected chi connectivity index (χ1v) is 12.6. The Bertz CT molecular complexity index is 973. The summed E-state index contributed by atoms with van der Waals surface area (Å²) in [5, 5.41) is 2.80. The van der Waals surface area contributed by atoms with E-state index < -0.39 is 11.9 Å². The Morgan fingerprint density at radius 1 is 1.18 bits per heavy atom. The zero-order chi connectivity index (χ0) is 24.1. The summed E-state index contributed by atoms with van der Waals surface area (Å²) < 4.78 is 51.6. The van der Waals surface area contributed by atoms with E-state index in [1.54, 1.807) is 19.2 Å². The molecule has 0 aromatic carbocycles. The Hall–Kier alpha value is -2.27. The smallest absolute Gasteiger partial charge is 0.433 e. The highest BCUT2D eigenvalue weighted by Gasteiger charge is 2.34. The van der Waals surface area contributed by atoms with E-state index in [1.807, 2.05) is 4.90 Å². The molecule has 2 aliphatic rings. The first-order valence-electron chi connectivity index (χ1n) is 11.6. The molecule has 1 saturated carbocycles. The molecule has 3 heterocycles. The van der Waals surface area contributed by atoms with Crippen molar-refractivity contribution >= 4 is 23.5 Å². The maximum Gasteiger partial charge on any atom is 0.433 e. The molecule has 1 atom stereocenters. The lowest BCUT2D eigenvalue weighted by Gasteiger charge is -2.32. The number of hydrogen-bond acceptors (Lipinski definition) is 7. The van der Waals surface area contributed by atoms with Crippen molar-refractivity contribution in [2.24, 2.45) is 0 Å². The predicted octanol–water partition coefficient (Wildman–Crippen LogP) is 5.06. The van der Waals surface area contributed by atoms with Gasteiger partial charge < -0.3 is 19.4 Å². The number of carbonyl (C=O) groups is 1. The molecule has 1 saturated heterocycles. The quantitative estimate of drug-likeness (QED) is 0.403. The van der Waals surface area contributed by atoms with Crippen molar-refractivity contribution in [2.75, 3.05) is 25.1 Å². The summed E-state index contributed by atoms with van der Waals surface area (Å²) >= 11 is 1.05. The molecule has 2 fully saturated rings. The molecule has 1 aliphatic heterocycles. The molecule has 0 unspecified atom stereocenters. The van der Waals surface area contributed by atoms with Gasteiger partial charge in [0, 0.05) is 32.3 Å². The molecule has 0 spiro atoms. The van der Waals surface area contributed by atoms with E-state index in [0.717, 1.165) is 62.8 Å². The number of nitrogens with zero attached hydrogens (tertiary/aromatic N) is 3. The number of amides is 1. The van der Waals surface area contributed by atoms with Crippen LogP contribution in [0.15, 0.2) is 27.8 Å². The number of alkyl halides is 3. The lowest BCUT2D eigenvalue weighted by atomic mass is 9.94. The number of thioether (sulfide) groups is 1. The molecular weight excluding hydrogens is 469 g/mol. The molecule has 1 amide bonds. The highest BCUT2D eigenvalue weighted by atomic mass is 32.2. The third-order valence-electron chi connectivity index (χ3n) is 6.21. The van der Waals surface area contributed by atoms with Gasteiger partial charge in [-0.05, 0) is 37.8 Å². The maximum absolute atomic E-state index is 13.5. The second-order valence-corrected chi connectivity index (χ2v) is 9.64. The Labute approximate surface area is 200 Å². The van der Waals surface area contributed by atoms with E-state index in [-0.39, 0.29) is 40.5 Å². The number of nitrogens with one attached hydrogen (secondary N) is 1. The van der Waals surface area contributed by atoms with Crippen LogP contribution < -0.4 is 10.2 Å². The second-order valence-electron chi connectivity index (χ2n) is 8.69. The van der Waals surface area contributed by atoms with Crippen LogP contribution in [-0.4, -0.2) is 48.2 Å². The molecule has 1 aliphatic carbocycles. The number of rotatable bonds is 8. The van der Waals surface area contributed by atoms with Crippen LogP contribution in [0.25, 0.3) is 0 Å². The summed E-state index contributed by atoms with van der Waals surface area (Å²) in [6.07, 6.45) is 2.51. The predicted molar refractivity (Wildman–Crippen MR) is 122 cm³/mol. The fraction of sp³-hybridized carbons (Fsp3) is 0.609. The van der Waals surface area contributed by atoms with Gasteiger partial charge in [-0.3, -0.25) is 4.79 Å². The lowest BCUT2D eigenvalue weighted by molar-refractivity contribution is -0.141. The summed E-state index contributed by atoms with van der Waals surface area (Å²) in [7, 11) is 1.79. The Kier molecular flexibility index (Phi) is 8.02. The van der Waals surface area contributed by atoms with Crippen LogP contribution in [0.5, 0.6) is 0 Å².